The second-order valence-electron chi connectivity index (χ2n) is 23.9. The molecule has 84 heavy (non-hydrogen) atoms. The molecule has 0 fully saturated rings. The van der Waals surface area contributed by atoms with Crippen LogP contribution >= 0.6 is 7.82 Å². The summed E-state index contributed by atoms with van der Waals surface area (Å²) in [5, 5.41) is 3.02. The number of nitrogens with one attached hydrogen (secondary N) is 1. The normalized spacial score (nSPS) is 14.3. The fourth-order valence-corrected chi connectivity index (χ4v) is 10.1. The summed E-state index contributed by atoms with van der Waals surface area (Å²) in [6, 6.07) is -0.913. The maximum absolute atomic E-state index is 13.6. The van der Waals surface area contributed by atoms with Crippen LogP contribution in [0.25, 0.3) is 0 Å². The molecule has 0 aliphatic heterocycles. The number of amides is 1. The van der Waals surface area contributed by atoms with E-state index in [9.17, 15) is 19.0 Å². The zero-order valence-electron chi connectivity index (χ0n) is 55.1. The van der Waals surface area contributed by atoms with E-state index in [1.165, 1.54) is 116 Å². The van der Waals surface area contributed by atoms with Crippen molar-refractivity contribution in [2.45, 2.75) is 296 Å². The van der Waals surface area contributed by atoms with Gasteiger partial charge < -0.3 is 28.5 Å². The van der Waals surface area contributed by atoms with Gasteiger partial charge in [-0.15, -0.1) is 0 Å². The fourth-order valence-electron chi connectivity index (χ4n) is 9.36. The molecular formula is C74H129N2O7P. The zero-order chi connectivity index (χ0) is 61.4. The van der Waals surface area contributed by atoms with Crippen LogP contribution < -0.4 is 10.2 Å². The van der Waals surface area contributed by atoms with Gasteiger partial charge in [0.15, 0.2) is 0 Å². The van der Waals surface area contributed by atoms with Gasteiger partial charge in [0.25, 0.3) is 7.82 Å². The largest absolute Gasteiger partial charge is 0.756 e. The quantitative estimate of drug-likeness (QED) is 0.0212. The van der Waals surface area contributed by atoms with Gasteiger partial charge in [0, 0.05) is 12.8 Å². The Morgan fingerprint density at radius 2 is 0.762 bits per heavy atom. The molecule has 0 aromatic heterocycles. The van der Waals surface area contributed by atoms with Gasteiger partial charge in [-0.2, -0.15) is 0 Å². The van der Waals surface area contributed by atoms with Crippen LogP contribution in [-0.2, 0) is 27.9 Å². The Morgan fingerprint density at radius 3 is 1.17 bits per heavy atom. The molecular weight excluding hydrogens is 1060 g/mol. The van der Waals surface area contributed by atoms with Crippen molar-refractivity contribution in [2.75, 3.05) is 40.9 Å². The third-order valence-electron chi connectivity index (χ3n) is 14.6. The molecule has 0 saturated carbocycles. The summed E-state index contributed by atoms with van der Waals surface area (Å²) >= 11 is 0. The van der Waals surface area contributed by atoms with E-state index < -0.39 is 26.6 Å². The first-order chi connectivity index (χ1) is 40.9. The van der Waals surface area contributed by atoms with Crippen molar-refractivity contribution in [1.82, 2.24) is 5.32 Å². The first-order valence-electron chi connectivity index (χ1n) is 34.3. The van der Waals surface area contributed by atoms with Crippen molar-refractivity contribution in [3.05, 3.63) is 122 Å². The summed E-state index contributed by atoms with van der Waals surface area (Å²) in [5.41, 5.74) is 0. The highest BCUT2D eigenvalue weighted by Gasteiger charge is 2.27. The summed E-state index contributed by atoms with van der Waals surface area (Å²) in [5.74, 6) is -0.578. The lowest BCUT2D eigenvalue weighted by molar-refractivity contribution is -0.870. The Kier molecular flexibility index (Phi) is 59.8. The predicted octanol–water partition coefficient (Wildman–Crippen LogP) is 21.2. The Balaban J connectivity index is 5.20. The number of rotatable bonds is 61. The second kappa shape index (κ2) is 62.5. The van der Waals surface area contributed by atoms with Crippen LogP contribution in [0.5, 0.6) is 0 Å². The van der Waals surface area contributed by atoms with E-state index in [4.69, 9.17) is 13.8 Å². The monoisotopic (exact) mass is 1190 g/mol. The highest BCUT2D eigenvalue weighted by Crippen LogP contribution is 2.38. The summed E-state index contributed by atoms with van der Waals surface area (Å²) in [4.78, 5) is 40.2. The highest BCUT2D eigenvalue weighted by molar-refractivity contribution is 7.45. The fraction of sp³-hybridized carbons (Fsp3) is 0.703. The summed E-state index contributed by atoms with van der Waals surface area (Å²) in [6.45, 7) is 6.68. The van der Waals surface area contributed by atoms with Gasteiger partial charge in [0.1, 0.15) is 19.3 Å². The number of phosphoric acid groups is 1. The molecule has 1 N–H and O–H groups in total. The maximum atomic E-state index is 13.6. The molecule has 0 bridgehead atoms. The number of carbonyl (C=O) groups is 2. The average molecular weight is 1190 g/mol. The van der Waals surface area contributed by atoms with Crippen LogP contribution in [0.4, 0.5) is 0 Å². The minimum Gasteiger partial charge on any atom is -0.756 e. The molecule has 9 nitrogen and oxygen atoms in total. The van der Waals surface area contributed by atoms with Gasteiger partial charge in [0.2, 0.25) is 5.91 Å². The molecule has 0 aliphatic rings. The van der Waals surface area contributed by atoms with Crippen molar-refractivity contribution in [3.8, 4) is 0 Å². The Hall–Kier alpha value is -3.59. The van der Waals surface area contributed by atoms with Crippen molar-refractivity contribution >= 4 is 19.7 Å². The van der Waals surface area contributed by atoms with Crippen molar-refractivity contribution < 1.29 is 37.3 Å². The molecule has 0 spiro atoms. The van der Waals surface area contributed by atoms with Crippen LogP contribution in [0.2, 0.25) is 0 Å². The van der Waals surface area contributed by atoms with Crippen LogP contribution in [-0.4, -0.2) is 69.4 Å². The number of carbonyl (C=O) groups excluding carboxylic acids is 2. The number of allylic oxidation sites excluding steroid dienone is 19. The molecule has 10 heteroatoms. The number of hydrogen-bond donors (Lipinski definition) is 1. The van der Waals surface area contributed by atoms with Gasteiger partial charge >= 0.3 is 5.97 Å². The van der Waals surface area contributed by atoms with Crippen molar-refractivity contribution in [3.63, 3.8) is 0 Å². The minimum absolute atomic E-state index is 0.0344. The van der Waals surface area contributed by atoms with Crippen LogP contribution in [0.15, 0.2) is 122 Å². The van der Waals surface area contributed by atoms with Gasteiger partial charge in [-0.3, -0.25) is 14.2 Å². The van der Waals surface area contributed by atoms with E-state index in [0.29, 0.717) is 17.4 Å². The van der Waals surface area contributed by atoms with E-state index >= 15 is 0 Å². The van der Waals surface area contributed by atoms with E-state index in [2.05, 4.69) is 135 Å². The highest BCUT2D eigenvalue weighted by atomic mass is 31.2. The summed E-state index contributed by atoms with van der Waals surface area (Å²) in [7, 11) is 1.15. The molecule has 0 heterocycles. The van der Waals surface area contributed by atoms with E-state index in [1.54, 1.807) is 0 Å². The van der Waals surface area contributed by atoms with Crippen LogP contribution in [0.3, 0.4) is 0 Å². The third kappa shape index (κ3) is 62.9. The average Bonchev–Trinajstić information content (AvgIpc) is 3.64. The molecule has 0 saturated heterocycles. The number of unbranched alkanes of at least 4 members (excludes halogenated alkanes) is 27. The number of phosphoric ester groups is 1. The van der Waals surface area contributed by atoms with Crippen LogP contribution in [0.1, 0.15) is 284 Å². The molecule has 0 aliphatic carbocycles. The molecule has 3 atom stereocenters. The summed E-state index contributed by atoms with van der Waals surface area (Å²) < 4.78 is 30.4. The molecule has 0 aromatic carbocycles. The molecule has 0 radical (unpaired) electrons. The number of likely N-dealkylation sites (N-methyl/N-ethyl adjacent to an activating group) is 1. The topological polar surface area (TPSA) is 114 Å². The van der Waals surface area contributed by atoms with Gasteiger partial charge in [0.05, 0.1) is 33.8 Å². The van der Waals surface area contributed by atoms with E-state index in [1.807, 2.05) is 33.3 Å². The zero-order valence-corrected chi connectivity index (χ0v) is 56.0. The Labute approximate surface area is 518 Å². The lowest BCUT2D eigenvalue weighted by Crippen LogP contribution is -2.47. The van der Waals surface area contributed by atoms with Crippen molar-refractivity contribution in [2.24, 2.45) is 0 Å². The first-order valence-corrected chi connectivity index (χ1v) is 35.8. The molecule has 482 valence electrons. The SMILES string of the molecule is CC/C=C\C/C=C\C/C=C\C/C=C\C/C=C\C/C=C\CCCCCCC(=O)NC(COP(=O)([O-])OCC[N+](C)(C)C)C(/C=C/CCCCCCCCCCCC)OC(=O)CCCCCCCCCCCC/C=C\C/C=C\C/C=C\CCCCC. The maximum Gasteiger partial charge on any atom is 0.306 e. The van der Waals surface area contributed by atoms with Gasteiger partial charge in [-0.05, 0) is 122 Å². The summed E-state index contributed by atoms with van der Waals surface area (Å²) in [6.07, 6.45) is 87.4. The number of quaternary nitrogens is 1. The second-order valence-corrected chi connectivity index (χ2v) is 25.4. The van der Waals surface area contributed by atoms with Gasteiger partial charge in [-0.25, -0.2) is 0 Å². The predicted molar refractivity (Wildman–Crippen MR) is 362 cm³/mol. The molecule has 0 aromatic rings. The Morgan fingerprint density at radius 1 is 0.429 bits per heavy atom. The number of esters is 1. The lowest BCUT2D eigenvalue weighted by Gasteiger charge is -2.30. The number of ether oxygens (including phenoxy) is 1. The van der Waals surface area contributed by atoms with E-state index in [-0.39, 0.29) is 31.3 Å². The van der Waals surface area contributed by atoms with E-state index in [0.717, 1.165) is 128 Å². The first kappa shape index (κ1) is 80.4. The molecule has 1 amide bonds. The van der Waals surface area contributed by atoms with Crippen molar-refractivity contribution in [1.29, 1.82) is 0 Å². The van der Waals surface area contributed by atoms with Crippen LogP contribution in [0, 0.1) is 0 Å². The third-order valence-corrected chi connectivity index (χ3v) is 15.6. The smallest absolute Gasteiger partial charge is 0.306 e. The molecule has 0 rings (SSSR count). The van der Waals surface area contributed by atoms with Gasteiger partial charge in [-0.1, -0.05) is 271 Å². The number of hydrogen-bond acceptors (Lipinski definition) is 7. The minimum atomic E-state index is -4.72. The lowest BCUT2D eigenvalue weighted by atomic mass is 10.0. The molecule has 3 unspecified atom stereocenters. The number of nitrogens with zero attached hydrogens (tertiary/aromatic N) is 1. The Bertz CT molecular complexity index is 1850. The standard InChI is InChI=1S/C74H129N2O7P/c1-7-10-13-16-19-22-25-28-30-32-34-36-38-40-42-44-46-48-51-54-57-60-63-66-73(77)75-71(70-82-84(79,80)81-69-68-76(4,5)6)72(65-62-59-56-53-50-27-24-21-18-15-12-9-3)83-74(78)67-64-61-58-55-52-49-47-45-43-41-39-37-35-33-31-29-26-23-20-17-14-11-8-2/h10,13,19-20,22-23,28-31,34-37,40,42,46,48,62,65,71-72H,7-9,11-12,14-18,21,24-27,32-33,38-39,41,43-45,47,49-61,63-64,66-70H2,1-6H3,(H-,75,77,79,80)/b13-10-,22-19-,23-20-,30-28-,31-29-,36-34-,37-35-,42-40-,48-46-,65-62+.